The quantitative estimate of drug-likeness (QED) is 0.845. The molecule has 2 rings (SSSR count). The van der Waals surface area contributed by atoms with Crippen molar-refractivity contribution in [1.29, 1.82) is 0 Å². The van der Waals surface area contributed by atoms with Gasteiger partial charge in [-0.25, -0.2) is 13.1 Å². The minimum absolute atomic E-state index is 0.134. The Morgan fingerprint density at radius 1 is 1.20 bits per heavy atom. The van der Waals surface area contributed by atoms with Crippen molar-refractivity contribution in [1.82, 2.24) is 10.0 Å². The SMILES string of the molecule is CCNS(=O)(=O)CCNC1CCC(C)c2ccccc21. The van der Waals surface area contributed by atoms with Gasteiger partial charge in [0.1, 0.15) is 0 Å². The van der Waals surface area contributed by atoms with E-state index in [1.54, 1.807) is 6.92 Å². The van der Waals surface area contributed by atoms with E-state index in [-0.39, 0.29) is 11.8 Å². The molecule has 0 fully saturated rings. The second-order valence-electron chi connectivity index (χ2n) is 5.43. The Hall–Kier alpha value is -0.910. The molecule has 1 aromatic carbocycles. The number of fused-ring (bicyclic) bond motifs is 1. The van der Waals surface area contributed by atoms with Crippen LogP contribution in [0.2, 0.25) is 0 Å². The van der Waals surface area contributed by atoms with E-state index in [0.29, 0.717) is 19.0 Å². The van der Waals surface area contributed by atoms with Crippen molar-refractivity contribution in [2.24, 2.45) is 0 Å². The highest BCUT2D eigenvalue weighted by Gasteiger charge is 2.24. The normalized spacial score (nSPS) is 22.5. The molecule has 20 heavy (non-hydrogen) atoms. The second-order valence-corrected chi connectivity index (χ2v) is 7.36. The van der Waals surface area contributed by atoms with Gasteiger partial charge in [-0.2, -0.15) is 0 Å². The van der Waals surface area contributed by atoms with Gasteiger partial charge >= 0.3 is 0 Å². The number of hydrogen-bond acceptors (Lipinski definition) is 3. The summed E-state index contributed by atoms with van der Waals surface area (Å²) in [5.41, 5.74) is 2.72. The molecule has 0 saturated heterocycles. The highest BCUT2D eigenvalue weighted by Crippen LogP contribution is 2.36. The summed E-state index contributed by atoms with van der Waals surface area (Å²) in [5, 5.41) is 3.39. The fraction of sp³-hybridized carbons (Fsp3) is 0.600. The van der Waals surface area contributed by atoms with Crippen molar-refractivity contribution in [3.8, 4) is 0 Å². The summed E-state index contributed by atoms with van der Waals surface area (Å²) in [5.74, 6) is 0.726. The lowest BCUT2D eigenvalue weighted by Gasteiger charge is -2.30. The van der Waals surface area contributed by atoms with Gasteiger partial charge in [0.25, 0.3) is 0 Å². The Balaban J connectivity index is 1.97. The predicted molar refractivity (Wildman–Crippen MR) is 82.3 cm³/mol. The Labute approximate surface area is 122 Å². The molecule has 0 spiro atoms. The van der Waals surface area contributed by atoms with E-state index >= 15 is 0 Å². The molecule has 2 atom stereocenters. The lowest BCUT2D eigenvalue weighted by Crippen LogP contribution is -2.34. The maximum atomic E-state index is 11.6. The summed E-state index contributed by atoms with van der Waals surface area (Å²) in [6.07, 6.45) is 2.22. The molecule has 0 radical (unpaired) electrons. The molecule has 0 heterocycles. The van der Waals surface area contributed by atoms with Crippen molar-refractivity contribution >= 4 is 10.0 Å². The van der Waals surface area contributed by atoms with Gasteiger partial charge in [0.05, 0.1) is 5.75 Å². The zero-order chi connectivity index (χ0) is 14.6. The summed E-state index contributed by atoms with van der Waals surface area (Å²) in [4.78, 5) is 0. The Morgan fingerprint density at radius 2 is 1.90 bits per heavy atom. The largest absolute Gasteiger partial charge is 0.309 e. The topological polar surface area (TPSA) is 58.2 Å². The van der Waals surface area contributed by atoms with Gasteiger partial charge in [0.15, 0.2) is 0 Å². The van der Waals surface area contributed by atoms with Crippen LogP contribution in [0.3, 0.4) is 0 Å². The highest BCUT2D eigenvalue weighted by molar-refractivity contribution is 7.89. The molecule has 5 heteroatoms. The van der Waals surface area contributed by atoms with Crippen LogP contribution in [0.25, 0.3) is 0 Å². The summed E-state index contributed by atoms with van der Waals surface area (Å²) in [7, 11) is -3.13. The monoisotopic (exact) mass is 296 g/mol. The van der Waals surface area contributed by atoms with Crippen molar-refractivity contribution < 1.29 is 8.42 Å². The van der Waals surface area contributed by atoms with Crippen LogP contribution < -0.4 is 10.0 Å². The van der Waals surface area contributed by atoms with E-state index in [9.17, 15) is 8.42 Å². The summed E-state index contributed by atoms with van der Waals surface area (Å²) in [6, 6.07) is 8.75. The molecule has 0 aliphatic heterocycles. The number of benzene rings is 1. The van der Waals surface area contributed by atoms with Crippen LogP contribution in [0.4, 0.5) is 0 Å². The third kappa shape index (κ3) is 3.81. The van der Waals surface area contributed by atoms with E-state index in [1.807, 2.05) is 0 Å². The standard InChI is InChI=1S/C15H24N2O2S/c1-3-17-20(18,19)11-10-16-15-9-8-12(2)13-6-4-5-7-14(13)15/h4-7,12,15-17H,3,8-11H2,1-2H3. The highest BCUT2D eigenvalue weighted by atomic mass is 32.2. The maximum absolute atomic E-state index is 11.6. The van der Waals surface area contributed by atoms with Gasteiger partial charge < -0.3 is 5.32 Å². The fourth-order valence-electron chi connectivity index (χ4n) is 2.88. The lowest BCUT2D eigenvalue weighted by molar-refractivity contribution is 0.440. The molecule has 0 aromatic heterocycles. The molecule has 0 saturated carbocycles. The van der Waals surface area contributed by atoms with Gasteiger partial charge in [-0.05, 0) is 29.9 Å². The Morgan fingerprint density at radius 3 is 2.60 bits per heavy atom. The van der Waals surface area contributed by atoms with E-state index in [0.717, 1.165) is 12.8 Å². The molecule has 1 aliphatic carbocycles. The van der Waals surface area contributed by atoms with Gasteiger partial charge in [-0.15, -0.1) is 0 Å². The molecular weight excluding hydrogens is 272 g/mol. The maximum Gasteiger partial charge on any atom is 0.212 e. The average Bonchev–Trinajstić information content (AvgIpc) is 2.41. The minimum atomic E-state index is -3.13. The van der Waals surface area contributed by atoms with Crippen molar-refractivity contribution in [2.45, 2.75) is 38.6 Å². The number of hydrogen-bond donors (Lipinski definition) is 2. The third-order valence-corrected chi connectivity index (χ3v) is 5.39. The first-order valence-electron chi connectivity index (χ1n) is 7.33. The van der Waals surface area contributed by atoms with Crippen LogP contribution in [-0.4, -0.2) is 27.3 Å². The van der Waals surface area contributed by atoms with Crippen molar-refractivity contribution in [3.05, 3.63) is 35.4 Å². The molecular formula is C15H24N2O2S. The minimum Gasteiger partial charge on any atom is -0.309 e. The third-order valence-electron chi connectivity index (χ3n) is 3.92. The molecule has 2 N–H and O–H groups in total. The Bertz CT molecular complexity index is 543. The van der Waals surface area contributed by atoms with Crippen LogP contribution in [-0.2, 0) is 10.0 Å². The Kier molecular flexibility index (Phi) is 5.18. The molecule has 0 amide bonds. The zero-order valence-electron chi connectivity index (χ0n) is 12.2. The average molecular weight is 296 g/mol. The van der Waals surface area contributed by atoms with Gasteiger partial charge in [-0.1, -0.05) is 38.1 Å². The summed E-state index contributed by atoms with van der Waals surface area (Å²) < 4.78 is 25.8. The first kappa shape index (κ1) is 15.5. The van der Waals surface area contributed by atoms with E-state index in [4.69, 9.17) is 0 Å². The van der Waals surface area contributed by atoms with E-state index < -0.39 is 10.0 Å². The lowest BCUT2D eigenvalue weighted by atomic mass is 9.81. The second kappa shape index (κ2) is 6.70. The number of nitrogens with one attached hydrogen (secondary N) is 2. The first-order valence-corrected chi connectivity index (χ1v) is 8.98. The summed E-state index contributed by atoms with van der Waals surface area (Å²) >= 11 is 0. The molecule has 4 nitrogen and oxygen atoms in total. The first-order chi connectivity index (χ1) is 9.53. The van der Waals surface area contributed by atoms with Crippen LogP contribution >= 0.6 is 0 Å². The van der Waals surface area contributed by atoms with Crippen LogP contribution in [0.5, 0.6) is 0 Å². The van der Waals surface area contributed by atoms with Gasteiger partial charge in [0, 0.05) is 19.1 Å². The zero-order valence-corrected chi connectivity index (χ0v) is 13.0. The van der Waals surface area contributed by atoms with E-state index in [1.165, 1.54) is 11.1 Å². The molecule has 2 unspecified atom stereocenters. The van der Waals surface area contributed by atoms with Crippen LogP contribution in [0.15, 0.2) is 24.3 Å². The number of rotatable bonds is 6. The molecule has 1 aromatic rings. The molecule has 0 bridgehead atoms. The van der Waals surface area contributed by atoms with Crippen molar-refractivity contribution in [2.75, 3.05) is 18.8 Å². The van der Waals surface area contributed by atoms with E-state index in [2.05, 4.69) is 41.2 Å². The van der Waals surface area contributed by atoms with Gasteiger partial charge in [0.2, 0.25) is 10.0 Å². The summed E-state index contributed by atoms with van der Waals surface area (Å²) in [6.45, 7) is 4.99. The fourth-order valence-corrected chi connectivity index (χ4v) is 3.85. The number of sulfonamides is 1. The van der Waals surface area contributed by atoms with Crippen LogP contribution in [0, 0.1) is 0 Å². The smallest absolute Gasteiger partial charge is 0.212 e. The molecule has 112 valence electrons. The van der Waals surface area contributed by atoms with Crippen molar-refractivity contribution in [3.63, 3.8) is 0 Å². The molecule has 1 aliphatic rings. The van der Waals surface area contributed by atoms with Crippen LogP contribution in [0.1, 0.15) is 49.8 Å². The van der Waals surface area contributed by atoms with Gasteiger partial charge in [-0.3, -0.25) is 0 Å². The predicted octanol–water partition coefficient (Wildman–Crippen LogP) is 2.15.